The van der Waals surface area contributed by atoms with E-state index in [1.807, 2.05) is 6.92 Å². The van der Waals surface area contributed by atoms with Crippen molar-refractivity contribution < 1.29 is 17.7 Å². The van der Waals surface area contributed by atoms with E-state index in [4.69, 9.17) is 4.74 Å². The molecule has 0 bridgehead atoms. The zero-order valence-corrected chi connectivity index (χ0v) is 13.6. The van der Waals surface area contributed by atoms with Gasteiger partial charge >= 0.3 is 0 Å². The van der Waals surface area contributed by atoms with E-state index in [-0.39, 0.29) is 10.8 Å². The first-order valence-electron chi connectivity index (χ1n) is 7.18. The normalized spacial score (nSPS) is 13.9. The molecular formula is C17H17F2NO2S. The summed E-state index contributed by atoms with van der Waals surface area (Å²) in [4.78, 5) is 0. The van der Waals surface area contributed by atoms with Crippen LogP contribution in [-0.2, 0) is 11.0 Å². The minimum absolute atomic E-state index is 0.0222. The van der Waals surface area contributed by atoms with Crippen molar-refractivity contribution in [2.24, 2.45) is 4.40 Å². The van der Waals surface area contributed by atoms with Crippen molar-refractivity contribution in [3.8, 4) is 11.5 Å². The van der Waals surface area contributed by atoms with E-state index in [0.717, 1.165) is 12.3 Å². The summed E-state index contributed by atoms with van der Waals surface area (Å²) in [6.07, 6.45) is 1.84. The molecule has 6 heteroatoms. The molecular weight excluding hydrogens is 320 g/mol. The lowest BCUT2D eigenvalue weighted by Crippen LogP contribution is -2.07. The lowest BCUT2D eigenvalue weighted by molar-refractivity contribution is 0.407. The molecule has 0 aromatic heterocycles. The monoisotopic (exact) mass is 337 g/mol. The minimum atomic E-state index is -1.46. The Balaban J connectivity index is 2.28. The standard InChI is InChI=1S/C17H17F2NO2S/c1-3-12(2)23(21)20-11-13-9-10-15(18)17(16(13)19)22-14-7-5-4-6-8-14/h4-12H,3H2,1-2H3/b20-11+. The van der Waals surface area contributed by atoms with Gasteiger partial charge in [-0.1, -0.05) is 25.1 Å². The summed E-state index contributed by atoms with van der Waals surface area (Å²) >= 11 is 0. The number of ether oxygens (including phenoxy) is 1. The average molecular weight is 337 g/mol. The van der Waals surface area contributed by atoms with Crippen LogP contribution >= 0.6 is 0 Å². The third-order valence-electron chi connectivity index (χ3n) is 3.26. The summed E-state index contributed by atoms with van der Waals surface area (Å²) in [6.45, 7) is 3.68. The molecule has 0 aliphatic heterocycles. The molecule has 2 unspecified atom stereocenters. The second-order valence-electron chi connectivity index (χ2n) is 4.92. The fraction of sp³-hybridized carbons (Fsp3) is 0.235. The molecule has 0 heterocycles. The molecule has 122 valence electrons. The van der Waals surface area contributed by atoms with Crippen LogP contribution in [0.15, 0.2) is 46.9 Å². The molecule has 3 nitrogen and oxygen atoms in total. The van der Waals surface area contributed by atoms with Gasteiger partial charge in [-0.2, -0.15) is 4.40 Å². The summed E-state index contributed by atoms with van der Waals surface area (Å²) in [5.41, 5.74) is 0.0222. The van der Waals surface area contributed by atoms with E-state index in [0.29, 0.717) is 12.2 Å². The van der Waals surface area contributed by atoms with Gasteiger partial charge in [-0.25, -0.2) is 13.0 Å². The van der Waals surface area contributed by atoms with Crippen LogP contribution < -0.4 is 4.74 Å². The van der Waals surface area contributed by atoms with Gasteiger partial charge < -0.3 is 4.74 Å². The average Bonchev–Trinajstić information content (AvgIpc) is 2.57. The molecule has 2 aromatic carbocycles. The van der Waals surface area contributed by atoms with E-state index in [2.05, 4.69) is 4.40 Å². The Morgan fingerprint density at radius 2 is 1.91 bits per heavy atom. The van der Waals surface area contributed by atoms with Crippen LogP contribution in [0.4, 0.5) is 8.78 Å². The second kappa shape index (κ2) is 7.97. The van der Waals surface area contributed by atoms with Crippen LogP contribution in [0.2, 0.25) is 0 Å². The van der Waals surface area contributed by atoms with Crippen molar-refractivity contribution in [1.82, 2.24) is 0 Å². The summed E-state index contributed by atoms with van der Waals surface area (Å²) < 4.78 is 49.1. The lowest BCUT2D eigenvalue weighted by Gasteiger charge is -2.09. The van der Waals surface area contributed by atoms with Crippen LogP contribution in [0, 0.1) is 11.6 Å². The third-order valence-corrected chi connectivity index (χ3v) is 4.59. The predicted molar refractivity (Wildman–Crippen MR) is 88.4 cm³/mol. The first kappa shape index (κ1) is 17.3. The van der Waals surface area contributed by atoms with Crippen molar-refractivity contribution in [3.63, 3.8) is 0 Å². The van der Waals surface area contributed by atoms with Crippen molar-refractivity contribution in [1.29, 1.82) is 0 Å². The summed E-state index contributed by atoms with van der Waals surface area (Å²) in [5.74, 6) is -1.87. The molecule has 0 spiro atoms. The van der Waals surface area contributed by atoms with Crippen LogP contribution in [0.3, 0.4) is 0 Å². The van der Waals surface area contributed by atoms with Gasteiger partial charge in [-0.3, -0.25) is 0 Å². The van der Waals surface area contributed by atoms with Gasteiger partial charge in [0.2, 0.25) is 0 Å². The molecule has 0 saturated carbocycles. The third kappa shape index (κ3) is 4.45. The van der Waals surface area contributed by atoms with Crippen molar-refractivity contribution in [2.45, 2.75) is 25.5 Å². The Kier molecular flexibility index (Phi) is 5.98. The summed E-state index contributed by atoms with van der Waals surface area (Å²) in [5, 5.41) is -0.130. The van der Waals surface area contributed by atoms with E-state index < -0.39 is 28.4 Å². The highest BCUT2D eigenvalue weighted by molar-refractivity contribution is 7.84. The maximum atomic E-state index is 14.4. The predicted octanol–water partition coefficient (Wildman–Crippen LogP) is 4.64. The largest absolute Gasteiger partial charge is 0.451 e. The number of hydrogen-bond acceptors (Lipinski definition) is 2. The second-order valence-corrected chi connectivity index (χ2v) is 6.49. The van der Waals surface area contributed by atoms with E-state index >= 15 is 0 Å². The zero-order chi connectivity index (χ0) is 16.8. The van der Waals surface area contributed by atoms with Gasteiger partial charge in [0.1, 0.15) is 16.7 Å². The molecule has 0 saturated heterocycles. The summed E-state index contributed by atoms with van der Waals surface area (Å²) in [6, 6.07) is 10.7. The molecule has 2 rings (SSSR count). The van der Waals surface area contributed by atoms with Crippen LogP contribution in [0.25, 0.3) is 0 Å². The fourth-order valence-corrected chi connectivity index (χ4v) is 2.41. The minimum Gasteiger partial charge on any atom is -0.451 e. The van der Waals surface area contributed by atoms with Crippen molar-refractivity contribution in [2.75, 3.05) is 0 Å². The number of benzene rings is 2. The van der Waals surface area contributed by atoms with Gasteiger partial charge in [0.15, 0.2) is 17.4 Å². The quantitative estimate of drug-likeness (QED) is 0.720. The van der Waals surface area contributed by atoms with Gasteiger partial charge in [-0.15, -0.1) is 0 Å². The molecule has 0 N–H and O–H groups in total. The maximum Gasteiger partial charge on any atom is 0.199 e. The number of hydrogen-bond donors (Lipinski definition) is 0. The first-order chi connectivity index (χ1) is 11.0. The molecule has 2 atom stereocenters. The number of rotatable bonds is 6. The molecule has 23 heavy (non-hydrogen) atoms. The Morgan fingerprint density at radius 1 is 1.22 bits per heavy atom. The molecule has 2 aromatic rings. The number of halogens is 2. The molecule has 0 aliphatic rings. The Labute approximate surface area is 136 Å². The summed E-state index contributed by atoms with van der Waals surface area (Å²) in [7, 11) is -1.46. The van der Waals surface area contributed by atoms with Gasteiger partial charge in [0.05, 0.1) is 5.25 Å². The molecule has 0 amide bonds. The van der Waals surface area contributed by atoms with Crippen LogP contribution in [-0.4, -0.2) is 15.7 Å². The molecule has 0 fully saturated rings. The highest BCUT2D eigenvalue weighted by Gasteiger charge is 2.15. The highest BCUT2D eigenvalue weighted by atomic mass is 32.2. The Hall–Kier alpha value is -2.08. The molecule has 0 aliphatic carbocycles. The van der Waals surface area contributed by atoms with Gasteiger partial charge in [-0.05, 0) is 37.6 Å². The number of nitrogens with zero attached hydrogens (tertiary/aromatic N) is 1. The highest BCUT2D eigenvalue weighted by Crippen LogP contribution is 2.29. The topological polar surface area (TPSA) is 38.7 Å². The zero-order valence-electron chi connectivity index (χ0n) is 12.8. The first-order valence-corrected chi connectivity index (χ1v) is 8.35. The lowest BCUT2D eigenvalue weighted by atomic mass is 10.2. The Bertz CT molecular complexity index is 720. The van der Waals surface area contributed by atoms with Gasteiger partial charge in [0, 0.05) is 11.8 Å². The van der Waals surface area contributed by atoms with E-state index in [9.17, 15) is 13.0 Å². The van der Waals surface area contributed by atoms with E-state index in [1.54, 1.807) is 37.3 Å². The van der Waals surface area contributed by atoms with Crippen molar-refractivity contribution >= 4 is 17.2 Å². The van der Waals surface area contributed by atoms with Gasteiger partial charge in [0.25, 0.3) is 0 Å². The Morgan fingerprint density at radius 3 is 2.57 bits per heavy atom. The van der Waals surface area contributed by atoms with E-state index in [1.165, 1.54) is 6.07 Å². The number of para-hydroxylation sites is 1. The smallest absolute Gasteiger partial charge is 0.199 e. The SMILES string of the molecule is CCC(C)S(=O)/N=C/c1ccc(F)c(Oc2ccccc2)c1F. The maximum absolute atomic E-state index is 14.4. The fourth-order valence-electron chi connectivity index (χ4n) is 1.70. The van der Waals surface area contributed by atoms with Crippen LogP contribution in [0.1, 0.15) is 25.8 Å². The van der Waals surface area contributed by atoms with Crippen LogP contribution in [0.5, 0.6) is 11.5 Å². The van der Waals surface area contributed by atoms with Crippen molar-refractivity contribution in [3.05, 3.63) is 59.7 Å². The molecule has 0 radical (unpaired) electrons.